The second-order valence-corrected chi connectivity index (χ2v) is 7.83. The van der Waals surface area contributed by atoms with Crippen LogP contribution in [0.25, 0.3) is 22.3 Å². The van der Waals surface area contributed by atoms with Crippen molar-refractivity contribution in [2.24, 2.45) is 0 Å². The van der Waals surface area contributed by atoms with Crippen LogP contribution in [-0.2, 0) is 12.8 Å². The highest BCUT2D eigenvalue weighted by Gasteiger charge is 2.21. The zero-order valence-electron chi connectivity index (χ0n) is 16.4. The van der Waals surface area contributed by atoms with Gasteiger partial charge in [-0.15, -0.1) is 0 Å². The van der Waals surface area contributed by atoms with Gasteiger partial charge in [0.05, 0.1) is 0 Å². The first-order valence-electron chi connectivity index (χ1n) is 10.4. The molecule has 2 heteroatoms. The molecule has 3 aromatic rings. The smallest absolute Gasteiger partial charge is 0.131 e. The molecule has 0 nitrogen and oxygen atoms in total. The van der Waals surface area contributed by atoms with Crippen LogP contribution in [0.1, 0.15) is 55.7 Å². The molecule has 0 unspecified atom stereocenters. The number of hydrogen-bond acceptors (Lipinski definition) is 0. The third-order valence-electron chi connectivity index (χ3n) is 5.76. The Kier molecular flexibility index (Phi) is 5.57. The molecule has 1 aliphatic rings. The maximum absolute atomic E-state index is 14.8. The Bertz CT molecular complexity index is 970. The lowest BCUT2D eigenvalue weighted by Crippen LogP contribution is -1.89. The molecule has 0 atom stereocenters. The summed E-state index contributed by atoms with van der Waals surface area (Å²) in [6.45, 7) is 2.24. The van der Waals surface area contributed by atoms with Crippen molar-refractivity contribution in [1.29, 1.82) is 0 Å². The molecular formula is C26H26F2. The summed E-state index contributed by atoms with van der Waals surface area (Å²) >= 11 is 0. The molecule has 0 amide bonds. The predicted molar refractivity (Wildman–Crippen MR) is 112 cm³/mol. The van der Waals surface area contributed by atoms with Crippen molar-refractivity contribution < 1.29 is 8.78 Å². The summed E-state index contributed by atoms with van der Waals surface area (Å²) in [7, 11) is 0. The molecule has 0 saturated carbocycles. The summed E-state index contributed by atoms with van der Waals surface area (Å²) < 4.78 is 28.0. The van der Waals surface area contributed by atoms with Crippen molar-refractivity contribution in [3.63, 3.8) is 0 Å². The van der Waals surface area contributed by atoms with Crippen LogP contribution in [0, 0.1) is 11.6 Å². The standard InChI is InChI=1S/C26H26F2/c1-2-3-4-5-6-7-18-8-13-23-20(14-18)15-21-16-25(26(28)17-24(21)23)19-9-11-22(27)12-10-19/h8-14,16-17H,2-7,15H2,1H3. The first kappa shape index (κ1) is 18.9. The number of halogens is 2. The fourth-order valence-electron chi connectivity index (χ4n) is 4.22. The van der Waals surface area contributed by atoms with E-state index in [1.54, 1.807) is 18.2 Å². The third kappa shape index (κ3) is 3.87. The van der Waals surface area contributed by atoms with Crippen molar-refractivity contribution in [2.45, 2.75) is 51.9 Å². The molecule has 144 valence electrons. The van der Waals surface area contributed by atoms with E-state index in [1.165, 1.54) is 55.4 Å². The molecule has 0 bridgehead atoms. The fourth-order valence-corrected chi connectivity index (χ4v) is 4.22. The van der Waals surface area contributed by atoms with E-state index in [4.69, 9.17) is 0 Å². The van der Waals surface area contributed by atoms with E-state index in [9.17, 15) is 8.78 Å². The Hall–Kier alpha value is -2.48. The average molecular weight is 376 g/mol. The Morgan fingerprint density at radius 1 is 0.714 bits per heavy atom. The van der Waals surface area contributed by atoms with Crippen LogP contribution in [-0.4, -0.2) is 0 Å². The monoisotopic (exact) mass is 376 g/mol. The zero-order valence-corrected chi connectivity index (χ0v) is 16.4. The minimum atomic E-state index is -0.306. The minimum absolute atomic E-state index is 0.252. The molecule has 0 spiro atoms. The number of fused-ring (bicyclic) bond motifs is 3. The van der Waals surface area contributed by atoms with E-state index >= 15 is 0 Å². The summed E-state index contributed by atoms with van der Waals surface area (Å²) in [6.07, 6.45) is 8.38. The second kappa shape index (κ2) is 8.26. The molecule has 0 heterocycles. The minimum Gasteiger partial charge on any atom is -0.207 e. The van der Waals surface area contributed by atoms with Gasteiger partial charge in [0.1, 0.15) is 11.6 Å². The lowest BCUT2D eigenvalue weighted by atomic mass is 9.98. The fraction of sp³-hybridized carbons (Fsp3) is 0.308. The van der Waals surface area contributed by atoms with E-state index < -0.39 is 0 Å². The molecule has 0 aromatic heterocycles. The SMILES string of the molecule is CCCCCCCc1ccc2c(c1)Cc1cc(-c3ccc(F)cc3)c(F)cc1-2. The van der Waals surface area contributed by atoms with E-state index in [1.807, 2.05) is 6.07 Å². The predicted octanol–water partition coefficient (Wildman–Crippen LogP) is 7.72. The largest absolute Gasteiger partial charge is 0.207 e. The van der Waals surface area contributed by atoms with Gasteiger partial charge in [0.2, 0.25) is 0 Å². The van der Waals surface area contributed by atoms with E-state index in [-0.39, 0.29) is 11.6 Å². The van der Waals surface area contributed by atoms with Crippen molar-refractivity contribution >= 4 is 0 Å². The van der Waals surface area contributed by atoms with Crippen molar-refractivity contribution in [1.82, 2.24) is 0 Å². The number of rotatable bonds is 7. The van der Waals surface area contributed by atoms with Gasteiger partial charge in [-0.1, -0.05) is 62.9 Å². The van der Waals surface area contributed by atoms with Crippen LogP contribution < -0.4 is 0 Å². The van der Waals surface area contributed by atoms with Crippen LogP contribution in [0.2, 0.25) is 0 Å². The topological polar surface area (TPSA) is 0 Å². The first-order chi connectivity index (χ1) is 13.7. The van der Waals surface area contributed by atoms with Gasteiger partial charge in [0, 0.05) is 5.56 Å². The molecule has 3 aromatic carbocycles. The molecule has 0 saturated heterocycles. The van der Waals surface area contributed by atoms with Crippen LogP contribution in [0.3, 0.4) is 0 Å². The second-order valence-electron chi connectivity index (χ2n) is 7.83. The third-order valence-corrected chi connectivity index (χ3v) is 5.76. The van der Waals surface area contributed by atoms with Gasteiger partial charge in [-0.2, -0.15) is 0 Å². The van der Waals surface area contributed by atoms with Crippen LogP contribution in [0.15, 0.2) is 54.6 Å². The Labute approximate surface area is 166 Å². The highest BCUT2D eigenvalue weighted by atomic mass is 19.1. The van der Waals surface area contributed by atoms with E-state index in [0.717, 1.165) is 29.5 Å². The normalized spacial score (nSPS) is 12.1. The molecule has 1 aliphatic carbocycles. The number of unbranched alkanes of at least 4 members (excludes halogenated alkanes) is 4. The van der Waals surface area contributed by atoms with Crippen molar-refractivity contribution in [2.75, 3.05) is 0 Å². The molecule has 0 N–H and O–H groups in total. The molecule has 0 radical (unpaired) electrons. The maximum Gasteiger partial charge on any atom is 0.131 e. The van der Waals surface area contributed by atoms with Gasteiger partial charge >= 0.3 is 0 Å². The van der Waals surface area contributed by atoms with Crippen LogP contribution in [0.5, 0.6) is 0 Å². The van der Waals surface area contributed by atoms with Gasteiger partial charge in [-0.25, -0.2) is 8.78 Å². The summed E-state index contributed by atoms with van der Waals surface area (Å²) in [6, 6.07) is 16.3. The number of benzene rings is 3. The highest BCUT2D eigenvalue weighted by molar-refractivity contribution is 5.80. The number of aryl methyl sites for hydroxylation is 1. The Morgan fingerprint density at radius 3 is 2.25 bits per heavy atom. The summed E-state index contributed by atoms with van der Waals surface area (Å²) in [4.78, 5) is 0. The molecular weight excluding hydrogens is 350 g/mol. The molecule has 0 aliphatic heterocycles. The zero-order chi connectivity index (χ0) is 19.5. The summed E-state index contributed by atoms with van der Waals surface area (Å²) in [5.74, 6) is -0.557. The van der Waals surface area contributed by atoms with Gasteiger partial charge < -0.3 is 0 Å². The lowest BCUT2D eigenvalue weighted by molar-refractivity contribution is 0.625. The average Bonchev–Trinajstić information content (AvgIpc) is 3.04. The van der Waals surface area contributed by atoms with Crippen molar-refractivity contribution in [3.8, 4) is 22.3 Å². The van der Waals surface area contributed by atoms with Gasteiger partial charge in [-0.05, 0) is 76.9 Å². The molecule has 4 rings (SSSR count). The van der Waals surface area contributed by atoms with E-state index in [2.05, 4.69) is 25.1 Å². The summed E-state index contributed by atoms with van der Waals surface area (Å²) in [5.41, 5.74) is 7.21. The van der Waals surface area contributed by atoms with Crippen LogP contribution >= 0.6 is 0 Å². The maximum atomic E-state index is 14.8. The van der Waals surface area contributed by atoms with Crippen molar-refractivity contribution in [3.05, 3.63) is 82.9 Å². The number of hydrogen-bond donors (Lipinski definition) is 0. The quantitative estimate of drug-likeness (QED) is 0.290. The van der Waals surface area contributed by atoms with E-state index in [0.29, 0.717) is 11.1 Å². The molecule has 28 heavy (non-hydrogen) atoms. The van der Waals surface area contributed by atoms with Crippen LogP contribution in [0.4, 0.5) is 8.78 Å². The summed E-state index contributed by atoms with van der Waals surface area (Å²) in [5, 5.41) is 0. The first-order valence-corrected chi connectivity index (χ1v) is 10.4. The van der Waals surface area contributed by atoms with Gasteiger partial charge in [-0.3, -0.25) is 0 Å². The molecule has 0 fully saturated rings. The Balaban J connectivity index is 1.54. The van der Waals surface area contributed by atoms with Gasteiger partial charge in [0.25, 0.3) is 0 Å². The lowest BCUT2D eigenvalue weighted by Gasteiger charge is -2.08. The van der Waals surface area contributed by atoms with Gasteiger partial charge in [0.15, 0.2) is 0 Å². The Morgan fingerprint density at radius 2 is 1.46 bits per heavy atom. The highest BCUT2D eigenvalue weighted by Crippen LogP contribution is 2.40.